The van der Waals surface area contributed by atoms with Gasteiger partial charge in [0.25, 0.3) is 0 Å². The van der Waals surface area contributed by atoms with Gasteiger partial charge in [0, 0.05) is 16.7 Å². The van der Waals surface area contributed by atoms with E-state index in [2.05, 4.69) is 28.7 Å². The van der Waals surface area contributed by atoms with Crippen LogP contribution in [-0.4, -0.2) is 25.5 Å². The van der Waals surface area contributed by atoms with E-state index in [1.54, 1.807) is 0 Å². The Balaban J connectivity index is 2.36. The number of benzene rings is 1. The molecule has 0 fully saturated rings. The lowest BCUT2D eigenvalue weighted by Crippen LogP contribution is -2.35. The highest BCUT2D eigenvalue weighted by atomic mass is 127. The molecule has 3 nitrogen and oxygen atoms in total. The van der Waals surface area contributed by atoms with E-state index in [1.165, 1.54) is 19.7 Å². The molecule has 0 saturated heterocycles. The molecule has 0 atom stereocenters. The Hall–Kier alpha value is -0.140. The molecule has 0 saturated carbocycles. The third-order valence-electron chi connectivity index (χ3n) is 2.64. The highest BCUT2D eigenvalue weighted by Gasteiger charge is 2.23. The summed E-state index contributed by atoms with van der Waals surface area (Å²) in [6.07, 6.45) is 2.09. The molecule has 0 aromatic heterocycles. The van der Waals surface area contributed by atoms with Crippen molar-refractivity contribution in [1.29, 1.82) is 0 Å². The average Bonchev–Trinajstić information content (AvgIpc) is 2.16. The fourth-order valence-corrected chi connectivity index (χ4v) is 3.44. The van der Waals surface area contributed by atoms with Crippen LogP contribution in [0.2, 0.25) is 0 Å². The smallest absolute Gasteiger partial charge is 0.211 e. The Bertz CT molecular complexity index is 484. The molecule has 1 aliphatic heterocycles. The van der Waals surface area contributed by atoms with E-state index in [1.807, 2.05) is 12.1 Å². The van der Waals surface area contributed by atoms with Crippen LogP contribution in [0.4, 0.5) is 0 Å². The van der Waals surface area contributed by atoms with E-state index in [0.29, 0.717) is 13.1 Å². The molecule has 0 amide bonds. The monoisotopic (exact) mass is 337 g/mol. The minimum absolute atomic E-state index is 0.519. The first-order chi connectivity index (χ1) is 6.98. The summed E-state index contributed by atoms with van der Waals surface area (Å²) in [5.41, 5.74) is 2.44. The first-order valence-electron chi connectivity index (χ1n) is 4.70. The average molecular weight is 337 g/mol. The number of sulfonamides is 1. The first kappa shape index (κ1) is 11.3. The SMILES string of the molecule is CS(=O)(=O)N1CCc2c(I)cccc2C1. The fraction of sp³-hybridized carbons (Fsp3) is 0.400. The molecule has 0 aliphatic carbocycles. The maximum Gasteiger partial charge on any atom is 0.211 e. The molecular formula is C10H12INO2S. The topological polar surface area (TPSA) is 37.4 Å². The van der Waals surface area contributed by atoms with Crippen molar-refractivity contribution in [2.75, 3.05) is 12.8 Å². The predicted octanol–water partition coefficient (Wildman–Crippen LogP) is 1.61. The quantitative estimate of drug-likeness (QED) is 0.730. The molecule has 0 N–H and O–H groups in total. The van der Waals surface area contributed by atoms with Crippen LogP contribution in [0.25, 0.3) is 0 Å². The van der Waals surface area contributed by atoms with Crippen molar-refractivity contribution in [3.63, 3.8) is 0 Å². The summed E-state index contributed by atoms with van der Waals surface area (Å²) < 4.78 is 25.6. The highest BCUT2D eigenvalue weighted by Crippen LogP contribution is 2.24. The summed E-state index contributed by atoms with van der Waals surface area (Å²) in [5, 5.41) is 0. The predicted molar refractivity (Wildman–Crippen MR) is 68.1 cm³/mol. The minimum Gasteiger partial charge on any atom is -0.212 e. The third kappa shape index (κ3) is 2.34. The van der Waals surface area contributed by atoms with Crippen LogP contribution in [0, 0.1) is 3.57 Å². The molecule has 0 unspecified atom stereocenters. The van der Waals surface area contributed by atoms with Gasteiger partial charge in [-0.25, -0.2) is 8.42 Å². The van der Waals surface area contributed by atoms with Crippen molar-refractivity contribution in [3.05, 3.63) is 32.9 Å². The Morgan fingerprint density at radius 3 is 2.80 bits per heavy atom. The molecule has 0 bridgehead atoms. The van der Waals surface area contributed by atoms with Gasteiger partial charge in [-0.15, -0.1) is 0 Å². The second-order valence-corrected chi connectivity index (χ2v) is 6.87. The zero-order chi connectivity index (χ0) is 11.1. The molecule has 15 heavy (non-hydrogen) atoms. The molecule has 5 heteroatoms. The van der Waals surface area contributed by atoms with Crippen LogP contribution >= 0.6 is 22.6 Å². The molecule has 1 heterocycles. The van der Waals surface area contributed by atoms with Crippen molar-refractivity contribution in [2.24, 2.45) is 0 Å². The maximum atomic E-state index is 11.4. The van der Waals surface area contributed by atoms with Gasteiger partial charge in [-0.3, -0.25) is 0 Å². The van der Waals surface area contributed by atoms with Crippen molar-refractivity contribution < 1.29 is 8.42 Å². The fourth-order valence-electron chi connectivity index (χ4n) is 1.82. The van der Waals surface area contributed by atoms with Gasteiger partial charge in [0.2, 0.25) is 10.0 Å². The number of rotatable bonds is 1. The third-order valence-corrected chi connectivity index (χ3v) is 4.90. The van der Waals surface area contributed by atoms with Crippen molar-refractivity contribution in [3.8, 4) is 0 Å². The number of halogens is 1. The van der Waals surface area contributed by atoms with Crippen LogP contribution in [0.3, 0.4) is 0 Å². The summed E-state index contributed by atoms with van der Waals surface area (Å²) in [7, 11) is -3.05. The molecule has 1 aromatic rings. The summed E-state index contributed by atoms with van der Waals surface area (Å²) >= 11 is 2.30. The van der Waals surface area contributed by atoms with E-state index in [9.17, 15) is 8.42 Å². The number of hydrogen-bond acceptors (Lipinski definition) is 2. The van der Waals surface area contributed by atoms with Crippen LogP contribution in [0.15, 0.2) is 18.2 Å². The van der Waals surface area contributed by atoms with E-state index < -0.39 is 10.0 Å². The van der Waals surface area contributed by atoms with Crippen LogP contribution in [0.5, 0.6) is 0 Å². The summed E-state index contributed by atoms with van der Waals surface area (Å²) in [6, 6.07) is 6.05. The summed E-state index contributed by atoms with van der Waals surface area (Å²) in [5.74, 6) is 0. The zero-order valence-corrected chi connectivity index (χ0v) is 11.4. The zero-order valence-electron chi connectivity index (χ0n) is 8.40. The molecule has 0 radical (unpaired) electrons. The number of nitrogens with zero attached hydrogens (tertiary/aromatic N) is 1. The van der Waals surface area contributed by atoms with Crippen molar-refractivity contribution in [2.45, 2.75) is 13.0 Å². The summed E-state index contributed by atoms with van der Waals surface area (Å²) in [4.78, 5) is 0. The van der Waals surface area contributed by atoms with E-state index in [-0.39, 0.29) is 0 Å². The Kier molecular flexibility index (Phi) is 3.05. The Morgan fingerprint density at radius 1 is 1.40 bits per heavy atom. The van der Waals surface area contributed by atoms with Gasteiger partial charge in [0.1, 0.15) is 0 Å². The van der Waals surface area contributed by atoms with Crippen molar-refractivity contribution >= 4 is 32.6 Å². The van der Waals surface area contributed by atoms with E-state index >= 15 is 0 Å². The lowest BCUT2D eigenvalue weighted by atomic mass is 10.0. The second kappa shape index (κ2) is 4.03. The van der Waals surface area contributed by atoms with Crippen LogP contribution in [-0.2, 0) is 23.0 Å². The van der Waals surface area contributed by atoms with E-state index in [0.717, 1.165) is 12.0 Å². The molecule has 82 valence electrons. The maximum absolute atomic E-state index is 11.4. The molecule has 0 spiro atoms. The molecule has 2 rings (SSSR count). The lowest BCUT2D eigenvalue weighted by molar-refractivity contribution is 0.394. The minimum atomic E-state index is -3.05. The first-order valence-corrected chi connectivity index (χ1v) is 7.62. The lowest BCUT2D eigenvalue weighted by Gasteiger charge is -2.27. The van der Waals surface area contributed by atoms with Crippen molar-refractivity contribution in [1.82, 2.24) is 4.31 Å². The van der Waals surface area contributed by atoms with Gasteiger partial charge in [-0.2, -0.15) is 4.31 Å². The molecular weight excluding hydrogens is 325 g/mol. The van der Waals surface area contributed by atoms with Gasteiger partial charge in [0.05, 0.1) is 6.26 Å². The molecule has 1 aliphatic rings. The Morgan fingerprint density at radius 2 is 2.13 bits per heavy atom. The standard InChI is InChI=1S/C10H12INO2S/c1-15(13,14)12-6-5-9-8(7-12)3-2-4-10(9)11/h2-4H,5-7H2,1H3. The number of fused-ring (bicyclic) bond motifs is 1. The van der Waals surface area contributed by atoms with Crippen LogP contribution in [0.1, 0.15) is 11.1 Å². The number of hydrogen-bond donors (Lipinski definition) is 0. The van der Waals surface area contributed by atoms with Gasteiger partial charge in [0.15, 0.2) is 0 Å². The Labute approximate surface area is 104 Å². The van der Waals surface area contributed by atoms with Gasteiger partial charge < -0.3 is 0 Å². The van der Waals surface area contributed by atoms with Gasteiger partial charge >= 0.3 is 0 Å². The van der Waals surface area contributed by atoms with Gasteiger partial charge in [-0.1, -0.05) is 12.1 Å². The van der Waals surface area contributed by atoms with Gasteiger partial charge in [-0.05, 0) is 46.2 Å². The highest BCUT2D eigenvalue weighted by molar-refractivity contribution is 14.1. The summed E-state index contributed by atoms with van der Waals surface area (Å²) in [6.45, 7) is 1.12. The second-order valence-electron chi connectivity index (χ2n) is 3.72. The van der Waals surface area contributed by atoms with Crippen LogP contribution < -0.4 is 0 Å². The normalized spacial score (nSPS) is 17.5. The van der Waals surface area contributed by atoms with E-state index in [4.69, 9.17) is 0 Å². The molecule has 1 aromatic carbocycles. The largest absolute Gasteiger partial charge is 0.212 e.